The van der Waals surface area contributed by atoms with Gasteiger partial charge < -0.3 is 15.2 Å². The summed E-state index contributed by atoms with van der Waals surface area (Å²) < 4.78 is 33.1. The molecule has 0 bridgehead atoms. The third-order valence-corrected chi connectivity index (χ3v) is 6.55. The Morgan fingerprint density at radius 2 is 1.71 bits per heavy atom. The lowest BCUT2D eigenvalue weighted by Gasteiger charge is -2.20. The van der Waals surface area contributed by atoms with E-state index in [1.54, 1.807) is 18.2 Å². The zero-order valence-electron chi connectivity index (χ0n) is 22.2. The van der Waals surface area contributed by atoms with Gasteiger partial charge in [-0.15, -0.1) is 0 Å². The molecule has 2 N–H and O–H groups in total. The summed E-state index contributed by atoms with van der Waals surface area (Å²) in [5, 5.41) is 11.5. The van der Waals surface area contributed by atoms with Gasteiger partial charge in [0.25, 0.3) is 5.91 Å². The molecule has 38 heavy (non-hydrogen) atoms. The number of hydrogen-bond acceptors (Lipinski definition) is 4. The Morgan fingerprint density at radius 3 is 2.45 bits per heavy atom. The third-order valence-electron chi connectivity index (χ3n) is 6.55. The largest absolute Gasteiger partial charge is 0.356 e. The molecule has 0 saturated heterocycles. The molecule has 1 amide bonds. The van der Waals surface area contributed by atoms with Crippen molar-refractivity contribution in [1.29, 1.82) is 0 Å². The topological polar surface area (TPSA) is 67.2 Å². The van der Waals surface area contributed by atoms with Crippen LogP contribution in [-0.4, -0.2) is 23.7 Å². The summed E-state index contributed by atoms with van der Waals surface area (Å²) in [7, 11) is 0. The first kappa shape index (κ1) is 27.5. The van der Waals surface area contributed by atoms with Crippen LogP contribution in [0.1, 0.15) is 59.9 Å². The van der Waals surface area contributed by atoms with Gasteiger partial charge in [0.15, 0.2) is 5.58 Å². The molecule has 1 heterocycles. The van der Waals surface area contributed by atoms with Crippen LogP contribution in [0, 0.1) is 17.6 Å². The number of fused-ring (bicyclic) bond motifs is 1. The normalized spacial score (nSPS) is 12.3. The number of aromatic nitrogens is 1. The van der Waals surface area contributed by atoms with Crippen molar-refractivity contribution in [3.8, 4) is 0 Å². The van der Waals surface area contributed by atoms with Crippen LogP contribution in [0.2, 0.25) is 0 Å². The molecule has 0 aliphatic carbocycles. The Morgan fingerprint density at radius 1 is 0.947 bits per heavy atom. The first-order chi connectivity index (χ1) is 18.3. The molecule has 3 aromatic carbocycles. The standard InChI is InChI=1S/C31H35F2N3O2/c1-4-21-6-5-7-22(13-21)19-34-11-10-27(16-23-14-25(32)18-26(33)15-23)35-31(37)24-8-9-30-28(17-24)29(36-38-30)12-20(2)3/h5-9,13-15,17-18,20,27,34H,4,10-12,16,19H2,1-3H3,(H,35,37)/t27-/m1/s1. The van der Waals surface area contributed by atoms with Crippen molar-refractivity contribution in [2.45, 2.75) is 59.0 Å². The van der Waals surface area contributed by atoms with Crippen molar-refractivity contribution in [2.24, 2.45) is 5.92 Å². The second kappa shape index (κ2) is 12.8. The van der Waals surface area contributed by atoms with Gasteiger partial charge in [0.05, 0.1) is 5.69 Å². The van der Waals surface area contributed by atoms with Gasteiger partial charge >= 0.3 is 0 Å². The van der Waals surface area contributed by atoms with E-state index in [1.807, 2.05) is 0 Å². The summed E-state index contributed by atoms with van der Waals surface area (Å²) in [6, 6.07) is 16.8. The van der Waals surface area contributed by atoms with E-state index < -0.39 is 11.6 Å². The molecule has 0 spiro atoms. The average Bonchev–Trinajstić information content (AvgIpc) is 3.27. The zero-order chi connectivity index (χ0) is 27.1. The second-order valence-electron chi connectivity index (χ2n) is 10.2. The summed E-state index contributed by atoms with van der Waals surface area (Å²) in [5.74, 6) is -1.11. The minimum Gasteiger partial charge on any atom is -0.356 e. The molecule has 7 heteroatoms. The Kier molecular flexibility index (Phi) is 9.24. The highest BCUT2D eigenvalue weighted by molar-refractivity contribution is 5.98. The maximum atomic E-state index is 13.9. The van der Waals surface area contributed by atoms with E-state index in [1.165, 1.54) is 23.3 Å². The average molecular weight is 520 g/mol. The molecule has 1 atom stereocenters. The van der Waals surface area contributed by atoms with Crippen molar-refractivity contribution in [3.05, 3.63) is 100 Å². The number of halogens is 2. The predicted octanol–water partition coefficient (Wildman–Crippen LogP) is 6.39. The Bertz CT molecular complexity index is 1360. The lowest BCUT2D eigenvalue weighted by atomic mass is 10.0. The van der Waals surface area contributed by atoms with Crippen LogP contribution in [0.25, 0.3) is 11.0 Å². The summed E-state index contributed by atoms with van der Waals surface area (Å²) in [5.41, 5.74) is 4.93. The number of nitrogens with one attached hydrogen (secondary N) is 2. The van der Waals surface area contributed by atoms with Crippen LogP contribution in [0.3, 0.4) is 0 Å². The number of nitrogens with zero attached hydrogens (tertiary/aromatic N) is 1. The minimum absolute atomic E-state index is 0.249. The van der Waals surface area contributed by atoms with Crippen LogP contribution in [-0.2, 0) is 25.8 Å². The van der Waals surface area contributed by atoms with Crippen LogP contribution in [0.5, 0.6) is 0 Å². The smallest absolute Gasteiger partial charge is 0.251 e. The van der Waals surface area contributed by atoms with Crippen LogP contribution < -0.4 is 10.6 Å². The maximum absolute atomic E-state index is 13.9. The first-order valence-corrected chi connectivity index (χ1v) is 13.2. The molecule has 200 valence electrons. The number of carbonyl (C=O) groups excluding carboxylic acids is 1. The Hall–Kier alpha value is -3.58. The molecule has 0 unspecified atom stereocenters. The molecule has 0 fully saturated rings. The van der Waals surface area contributed by atoms with Crippen LogP contribution >= 0.6 is 0 Å². The van der Waals surface area contributed by atoms with Gasteiger partial charge in [-0.1, -0.05) is 50.2 Å². The number of benzene rings is 3. The lowest BCUT2D eigenvalue weighted by Crippen LogP contribution is -2.38. The molecular weight excluding hydrogens is 484 g/mol. The van der Waals surface area contributed by atoms with E-state index in [4.69, 9.17) is 4.52 Å². The molecule has 0 aliphatic heterocycles. The predicted molar refractivity (Wildman–Crippen MR) is 146 cm³/mol. The van der Waals surface area contributed by atoms with Crippen molar-refractivity contribution in [2.75, 3.05) is 6.54 Å². The fraction of sp³-hybridized carbons (Fsp3) is 0.355. The maximum Gasteiger partial charge on any atom is 0.251 e. The summed E-state index contributed by atoms with van der Waals surface area (Å²) >= 11 is 0. The Labute approximate surface area is 222 Å². The number of carbonyl (C=O) groups is 1. The van der Waals surface area contributed by atoms with Gasteiger partial charge in [0.2, 0.25) is 0 Å². The molecule has 5 nitrogen and oxygen atoms in total. The second-order valence-corrected chi connectivity index (χ2v) is 10.2. The monoisotopic (exact) mass is 519 g/mol. The number of rotatable bonds is 12. The highest BCUT2D eigenvalue weighted by Gasteiger charge is 2.18. The highest BCUT2D eigenvalue weighted by atomic mass is 19.1. The fourth-order valence-electron chi connectivity index (χ4n) is 4.64. The SMILES string of the molecule is CCc1cccc(CNCC[C@H](Cc2cc(F)cc(F)c2)NC(=O)c2ccc3onc(CC(C)C)c3c2)c1. The van der Waals surface area contributed by atoms with Gasteiger partial charge in [-0.05, 0) is 85.2 Å². The molecule has 4 aromatic rings. The van der Waals surface area contributed by atoms with Gasteiger partial charge in [-0.2, -0.15) is 0 Å². The van der Waals surface area contributed by atoms with Gasteiger partial charge in [-0.3, -0.25) is 4.79 Å². The van der Waals surface area contributed by atoms with E-state index >= 15 is 0 Å². The third kappa shape index (κ3) is 7.48. The highest BCUT2D eigenvalue weighted by Crippen LogP contribution is 2.23. The summed E-state index contributed by atoms with van der Waals surface area (Å²) in [4.78, 5) is 13.3. The summed E-state index contributed by atoms with van der Waals surface area (Å²) in [6.45, 7) is 7.66. The molecular formula is C31H35F2N3O2. The van der Waals surface area contributed by atoms with E-state index in [0.29, 0.717) is 48.6 Å². The fourth-order valence-corrected chi connectivity index (χ4v) is 4.64. The van der Waals surface area contributed by atoms with Crippen LogP contribution in [0.15, 0.2) is 65.2 Å². The molecule has 1 aromatic heterocycles. The van der Waals surface area contributed by atoms with Crippen molar-refractivity contribution in [3.63, 3.8) is 0 Å². The number of aryl methyl sites for hydroxylation is 1. The van der Waals surface area contributed by atoms with Gasteiger partial charge in [0, 0.05) is 29.6 Å². The quantitative estimate of drug-likeness (QED) is 0.213. The number of hydrogen-bond donors (Lipinski definition) is 2. The van der Waals surface area contributed by atoms with Crippen molar-refractivity contribution < 1.29 is 18.1 Å². The first-order valence-electron chi connectivity index (χ1n) is 13.2. The zero-order valence-corrected chi connectivity index (χ0v) is 22.2. The number of amides is 1. The molecule has 0 radical (unpaired) electrons. The van der Waals surface area contributed by atoms with Crippen LogP contribution in [0.4, 0.5) is 8.78 Å². The molecule has 0 aliphatic rings. The van der Waals surface area contributed by atoms with Crippen molar-refractivity contribution >= 4 is 16.9 Å². The van der Waals surface area contributed by atoms with E-state index in [-0.39, 0.29) is 11.9 Å². The summed E-state index contributed by atoms with van der Waals surface area (Å²) in [6.07, 6.45) is 2.62. The lowest BCUT2D eigenvalue weighted by molar-refractivity contribution is 0.0935. The minimum atomic E-state index is -0.630. The van der Waals surface area contributed by atoms with E-state index in [9.17, 15) is 13.6 Å². The Balaban J connectivity index is 1.46. The molecule has 0 saturated carbocycles. The van der Waals surface area contributed by atoms with Crippen molar-refractivity contribution in [1.82, 2.24) is 15.8 Å². The van der Waals surface area contributed by atoms with Gasteiger partial charge in [-0.25, -0.2) is 8.78 Å². The molecule has 4 rings (SSSR count). The van der Waals surface area contributed by atoms with E-state index in [2.05, 4.69) is 60.8 Å². The van der Waals surface area contributed by atoms with Gasteiger partial charge in [0.1, 0.15) is 11.6 Å². The van der Waals surface area contributed by atoms with E-state index in [0.717, 1.165) is 30.0 Å².